The Kier molecular flexibility index (Phi) is 3.54. The number of aliphatic imine (C=N–C) groups is 1. The smallest absolute Gasteiger partial charge is 0.191 e. The monoisotopic (exact) mass is 298 g/mol. The van der Waals surface area contributed by atoms with E-state index in [2.05, 4.69) is 22.1 Å². The molecular weight excluding hydrogens is 284 g/mol. The SMILES string of the molecule is NC(N)=Nc1c(Cc2ccccc2)[nH]c2ccc(Cl)cc12. The fourth-order valence-corrected chi connectivity index (χ4v) is 2.56. The molecule has 21 heavy (non-hydrogen) atoms. The summed E-state index contributed by atoms with van der Waals surface area (Å²) in [4.78, 5) is 7.64. The Morgan fingerprint density at radius 2 is 1.86 bits per heavy atom. The van der Waals surface area contributed by atoms with Crippen molar-refractivity contribution in [1.29, 1.82) is 0 Å². The van der Waals surface area contributed by atoms with Crippen LogP contribution in [-0.2, 0) is 6.42 Å². The summed E-state index contributed by atoms with van der Waals surface area (Å²) in [6.07, 6.45) is 0.721. The van der Waals surface area contributed by atoms with Gasteiger partial charge in [0.15, 0.2) is 5.96 Å². The molecule has 0 bridgehead atoms. The van der Waals surface area contributed by atoms with E-state index >= 15 is 0 Å². The van der Waals surface area contributed by atoms with Crippen LogP contribution in [0.1, 0.15) is 11.3 Å². The van der Waals surface area contributed by atoms with Crippen LogP contribution < -0.4 is 11.5 Å². The largest absolute Gasteiger partial charge is 0.370 e. The highest BCUT2D eigenvalue weighted by molar-refractivity contribution is 6.31. The Hall–Kier alpha value is -2.46. The van der Waals surface area contributed by atoms with Gasteiger partial charge >= 0.3 is 0 Å². The minimum Gasteiger partial charge on any atom is -0.370 e. The molecule has 0 radical (unpaired) electrons. The molecule has 3 rings (SSSR count). The number of halogens is 1. The van der Waals surface area contributed by atoms with E-state index in [-0.39, 0.29) is 5.96 Å². The second kappa shape index (κ2) is 5.50. The number of fused-ring (bicyclic) bond motifs is 1. The van der Waals surface area contributed by atoms with Crippen LogP contribution >= 0.6 is 11.6 Å². The molecule has 3 aromatic rings. The Bertz CT molecular complexity index is 802. The number of nitrogens with zero attached hydrogens (tertiary/aromatic N) is 1. The van der Waals surface area contributed by atoms with E-state index < -0.39 is 0 Å². The number of rotatable bonds is 3. The zero-order chi connectivity index (χ0) is 14.8. The Morgan fingerprint density at radius 3 is 2.57 bits per heavy atom. The predicted molar refractivity (Wildman–Crippen MR) is 88.0 cm³/mol. The lowest BCUT2D eigenvalue weighted by molar-refractivity contribution is 1.11. The highest BCUT2D eigenvalue weighted by atomic mass is 35.5. The number of hydrogen-bond acceptors (Lipinski definition) is 1. The van der Waals surface area contributed by atoms with Gasteiger partial charge in [0.1, 0.15) is 0 Å². The van der Waals surface area contributed by atoms with Crippen LogP contribution in [0.3, 0.4) is 0 Å². The summed E-state index contributed by atoms with van der Waals surface area (Å²) >= 11 is 6.07. The van der Waals surface area contributed by atoms with E-state index in [1.165, 1.54) is 5.56 Å². The standard InChI is InChI=1S/C16H15ClN4/c17-11-6-7-13-12(9-11)15(21-16(18)19)14(20-13)8-10-4-2-1-3-5-10/h1-7,9,20H,8H2,(H4,18,19,21). The molecule has 0 aliphatic carbocycles. The fourth-order valence-electron chi connectivity index (χ4n) is 2.39. The lowest BCUT2D eigenvalue weighted by Gasteiger charge is -2.01. The topological polar surface area (TPSA) is 80.2 Å². The number of H-pyrrole nitrogens is 1. The molecule has 0 saturated heterocycles. The fraction of sp³-hybridized carbons (Fsp3) is 0.0625. The minimum atomic E-state index is 0.0326. The molecule has 1 heterocycles. The van der Waals surface area contributed by atoms with Crippen molar-refractivity contribution in [2.24, 2.45) is 16.5 Å². The molecule has 5 heteroatoms. The maximum Gasteiger partial charge on any atom is 0.191 e. The van der Waals surface area contributed by atoms with Gasteiger partial charge in [-0.2, -0.15) is 0 Å². The molecule has 0 aliphatic rings. The summed E-state index contributed by atoms with van der Waals surface area (Å²) in [6.45, 7) is 0. The Labute approximate surface area is 127 Å². The van der Waals surface area contributed by atoms with Crippen molar-refractivity contribution in [2.45, 2.75) is 6.42 Å². The predicted octanol–water partition coefficient (Wildman–Crippen LogP) is 3.32. The van der Waals surface area contributed by atoms with Crippen LogP contribution in [0.4, 0.5) is 5.69 Å². The van der Waals surface area contributed by atoms with Gasteiger partial charge in [0.05, 0.1) is 5.69 Å². The van der Waals surface area contributed by atoms with E-state index in [0.29, 0.717) is 5.02 Å². The number of nitrogens with two attached hydrogens (primary N) is 2. The lowest BCUT2D eigenvalue weighted by Crippen LogP contribution is -2.22. The van der Waals surface area contributed by atoms with Crippen molar-refractivity contribution < 1.29 is 0 Å². The lowest BCUT2D eigenvalue weighted by atomic mass is 10.1. The summed E-state index contributed by atoms with van der Waals surface area (Å²) in [6, 6.07) is 15.8. The summed E-state index contributed by atoms with van der Waals surface area (Å²) < 4.78 is 0. The minimum absolute atomic E-state index is 0.0326. The Morgan fingerprint density at radius 1 is 1.10 bits per heavy atom. The number of aromatic nitrogens is 1. The summed E-state index contributed by atoms with van der Waals surface area (Å²) in [5.41, 5.74) is 15.0. The second-order valence-corrected chi connectivity index (χ2v) is 5.28. The number of aromatic amines is 1. The molecule has 1 aromatic heterocycles. The van der Waals surface area contributed by atoms with Crippen molar-refractivity contribution >= 4 is 34.2 Å². The molecule has 5 N–H and O–H groups in total. The van der Waals surface area contributed by atoms with Gasteiger partial charge in [-0.15, -0.1) is 0 Å². The van der Waals surface area contributed by atoms with Gasteiger partial charge in [-0.25, -0.2) is 4.99 Å². The van der Waals surface area contributed by atoms with E-state index in [1.807, 2.05) is 36.4 Å². The van der Waals surface area contributed by atoms with E-state index in [9.17, 15) is 0 Å². The van der Waals surface area contributed by atoms with Gasteiger partial charge in [-0.05, 0) is 23.8 Å². The number of hydrogen-bond donors (Lipinski definition) is 3. The van der Waals surface area contributed by atoms with Crippen molar-refractivity contribution in [2.75, 3.05) is 0 Å². The first-order valence-corrected chi connectivity index (χ1v) is 6.95. The maximum atomic E-state index is 6.07. The van der Waals surface area contributed by atoms with E-state index in [0.717, 1.165) is 28.7 Å². The molecule has 0 amide bonds. The molecule has 0 saturated carbocycles. The van der Waals surface area contributed by atoms with E-state index in [1.54, 1.807) is 0 Å². The van der Waals surface area contributed by atoms with Crippen LogP contribution in [0.5, 0.6) is 0 Å². The third-order valence-electron chi connectivity index (χ3n) is 3.27. The van der Waals surface area contributed by atoms with Crippen LogP contribution in [-0.4, -0.2) is 10.9 Å². The first-order valence-electron chi connectivity index (χ1n) is 6.57. The summed E-state index contributed by atoms with van der Waals surface area (Å²) in [5.74, 6) is 0.0326. The third-order valence-corrected chi connectivity index (χ3v) is 3.51. The van der Waals surface area contributed by atoms with Crippen molar-refractivity contribution in [1.82, 2.24) is 4.98 Å². The van der Waals surface area contributed by atoms with Crippen LogP contribution in [0.15, 0.2) is 53.5 Å². The molecule has 0 unspecified atom stereocenters. The highest BCUT2D eigenvalue weighted by Crippen LogP contribution is 2.33. The van der Waals surface area contributed by atoms with Gasteiger partial charge in [-0.3, -0.25) is 0 Å². The average molecular weight is 299 g/mol. The molecule has 0 aliphatic heterocycles. The number of guanidine groups is 1. The molecule has 4 nitrogen and oxygen atoms in total. The summed E-state index contributed by atoms with van der Waals surface area (Å²) in [7, 11) is 0. The van der Waals surface area contributed by atoms with Crippen molar-refractivity contribution in [3.05, 3.63) is 64.8 Å². The van der Waals surface area contributed by atoms with Gasteiger partial charge in [0, 0.05) is 28.0 Å². The molecule has 2 aromatic carbocycles. The quantitative estimate of drug-likeness (QED) is 0.512. The third kappa shape index (κ3) is 2.85. The zero-order valence-corrected chi connectivity index (χ0v) is 12.1. The summed E-state index contributed by atoms with van der Waals surface area (Å²) in [5, 5.41) is 1.57. The normalized spacial score (nSPS) is 10.7. The van der Waals surface area contributed by atoms with E-state index in [4.69, 9.17) is 23.1 Å². The molecule has 0 spiro atoms. The first-order chi connectivity index (χ1) is 10.1. The second-order valence-electron chi connectivity index (χ2n) is 4.84. The maximum absolute atomic E-state index is 6.07. The average Bonchev–Trinajstić information content (AvgIpc) is 2.77. The number of nitrogens with one attached hydrogen (secondary N) is 1. The van der Waals surface area contributed by atoms with Crippen molar-refractivity contribution in [3.8, 4) is 0 Å². The molecular formula is C16H15ClN4. The molecule has 106 valence electrons. The first kappa shape index (κ1) is 13.5. The highest BCUT2D eigenvalue weighted by Gasteiger charge is 2.12. The number of benzene rings is 2. The van der Waals surface area contributed by atoms with Gasteiger partial charge < -0.3 is 16.5 Å². The zero-order valence-electron chi connectivity index (χ0n) is 11.3. The Balaban J connectivity index is 2.15. The van der Waals surface area contributed by atoms with Gasteiger partial charge in [0.2, 0.25) is 0 Å². The van der Waals surface area contributed by atoms with Gasteiger partial charge in [0.25, 0.3) is 0 Å². The van der Waals surface area contributed by atoms with Crippen LogP contribution in [0, 0.1) is 0 Å². The van der Waals surface area contributed by atoms with Gasteiger partial charge in [-0.1, -0.05) is 41.9 Å². The van der Waals surface area contributed by atoms with Crippen LogP contribution in [0.2, 0.25) is 5.02 Å². The van der Waals surface area contributed by atoms with Crippen LogP contribution in [0.25, 0.3) is 10.9 Å². The molecule has 0 atom stereocenters. The molecule has 0 fully saturated rings. The van der Waals surface area contributed by atoms with Crippen molar-refractivity contribution in [3.63, 3.8) is 0 Å².